The molecular formula is C33H30FN3O8. The van der Waals surface area contributed by atoms with Gasteiger partial charge in [0.1, 0.15) is 5.82 Å². The Bertz CT molecular complexity index is 1680. The number of carbonyl (C=O) groups excluding carboxylic acids is 2. The number of likely N-dealkylation sites (tertiary alicyclic amines) is 1. The lowest BCUT2D eigenvalue weighted by atomic mass is 10.0. The molecule has 3 aromatic carbocycles. The van der Waals surface area contributed by atoms with E-state index in [1.807, 2.05) is 54.6 Å². The first kappa shape index (κ1) is 29.9. The van der Waals surface area contributed by atoms with Gasteiger partial charge in [0.15, 0.2) is 12.4 Å². The Labute approximate surface area is 257 Å². The Balaban J connectivity index is 1.04. The molecule has 12 heteroatoms. The van der Waals surface area contributed by atoms with E-state index < -0.39 is 24.7 Å². The van der Waals surface area contributed by atoms with Gasteiger partial charge in [0.25, 0.3) is 11.7 Å². The lowest BCUT2D eigenvalue weighted by Crippen LogP contribution is -2.49. The fourth-order valence-electron chi connectivity index (χ4n) is 5.25. The van der Waals surface area contributed by atoms with E-state index in [9.17, 15) is 23.9 Å². The Morgan fingerprint density at radius 2 is 1.64 bits per heavy atom. The number of hydrogen-bond donors (Lipinski definition) is 1. The van der Waals surface area contributed by atoms with Crippen LogP contribution in [0, 0.1) is 11.7 Å². The van der Waals surface area contributed by atoms with Gasteiger partial charge >= 0.3 is 12.3 Å². The van der Waals surface area contributed by atoms with Gasteiger partial charge in [-0.25, -0.2) is 14.0 Å². The van der Waals surface area contributed by atoms with E-state index in [0.717, 1.165) is 29.5 Å². The minimum absolute atomic E-state index is 0.0709. The Kier molecular flexibility index (Phi) is 8.56. The molecule has 0 atom stereocenters. The smallest absolute Gasteiger partial charge is 0.450 e. The zero-order chi connectivity index (χ0) is 31.4. The van der Waals surface area contributed by atoms with Crippen molar-refractivity contribution in [2.75, 3.05) is 19.7 Å². The summed E-state index contributed by atoms with van der Waals surface area (Å²) in [4.78, 5) is 41.9. The number of nitrogens with zero attached hydrogens (tertiary/aromatic N) is 3. The summed E-state index contributed by atoms with van der Waals surface area (Å²) in [6, 6.07) is 21.6. The summed E-state index contributed by atoms with van der Waals surface area (Å²) >= 11 is 0. The maximum atomic E-state index is 14.9. The Morgan fingerprint density at radius 3 is 2.31 bits per heavy atom. The molecule has 232 valence electrons. The second-order valence-electron chi connectivity index (χ2n) is 11.1. The maximum absolute atomic E-state index is 14.9. The second kappa shape index (κ2) is 12.9. The number of piperidine rings is 1. The molecule has 11 nitrogen and oxygen atoms in total. The van der Waals surface area contributed by atoms with Gasteiger partial charge in [-0.3, -0.25) is 9.69 Å². The first-order valence-electron chi connectivity index (χ1n) is 14.6. The van der Waals surface area contributed by atoms with Crippen LogP contribution in [0.5, 0.6) is 0 Å². The van der Waals surface area contributed by atoms with Crippen molar-refractivity contribution in [2.24, 2.45) is 5.92 Å². The molecular weight excluding hydrogens is 585 g/mol. The predicted octanol–water partition coefficient (Wildman–Crippen LogP) is 6.33. The van der Waals surface area contributed by atoms with Gasteiger partial charge in [-0.05, 0) is 36.1 Å². The molecule has 1 saturated heterocycles. The van der Waals surface area contributed by atoms with E-state index in [4.69, 9.17) is 18.7 Å². The zero-order valence-electron chi connectivity index (χ0n) is 24.2. The number of rotatable bonds is 10. The highest BCUT2D eigenvalue weighted by Gasteiger charge is 2.43. The average molecular weight is 616 g/mol. The van der Waals surface area contributed by atoms with Crippen LogP contribution in [-0.4, -0.2) is 63.7 Å². The van der Waals surface area contributed by atoms with Crippen LogP contribution in [0.25, 0.3) is 34.0 Å². The third-order valence-electron chi connectivity index (χ3n) is 7.87. The molecule has 0 radical (unpaired) electrons. The van der Waals surface area contributed by atoms with Crippen molar-refractivity contribution in [3.05, 3.63) is 84.2 Å². The van der Waals surface area contributed by atoms with E-state index >= 15 is 0 Å². The van der Waals surface area contributed by atoms with Crippen LogP contribution in [0.2, 0.25) is 0 Å². The standard InChI is InChI=1S/C33H30FN3O8/c34-27-18-25(12-13-26(27)22-4-2-1-3-5-22)30-35-29(36-45-30)24-8-6-21(7-9-24)19-37-16-14-33(15-17-37,43-31(39)40)44-32(41)42-20-28(38)23-10-11-23/h1-9,12-13,18,23H,10-11,14-17,19-20H2,(H,39,40). The van der Waals surface area contributed by atoms with Crippen LogP contribution < -0.4 is 0 Å². The fourth-order valence-corrected chi connectivity index (χ4v) is 5.25. The zero-order valence-corrected chi connectivity index (χ0v) is 24.2. The van der Waals surface area contributed by atoms with Crippen molar-refractivity contribution in [3.8, 4) is 34.0 Å². The van der Waals surface area contributed by atoms with Crippen LogP contribution in [-0.2, 0) is 25.5 Å². The SMILES string of the molecule is O=C(O)OC1(OC(=O)OCC(=O)C2CC2)CCN(Cc2ccc(-c3noc(-c4ccc(-c5ccccc5)c(F)c4)n3)cc2)CC1. The minimum Gasteiger partial charge on any atom is -0.450 e. The Hall–Kier alpha value is -5.10. The lowest BCUT2D eigenvalue weighted by Gasteiger charge is -2.38. The predicted molar refractivity (Wildman–Crippen MR) is 157 cm³/mol. The van der Waals surface area contributed by atoms with Crippen LogP contribution in [0.15, 0.2) is 77.3 Å². The van der Waals surface area contributed by atoms with Gasteiger partial charge in [-0.1, -0.05) is 65.8 Å². The number of Topliss-reactive ketones (excluding diaryl/α,β-unsaturated/α-hetero) is 1. The first-order chi connectivity index (χ1) is 21.8. The number of aromatic nitrogens is 2. The van der Waals surface area contributed by atoms with Gasteiger partial charge in [-0.15, -0.1) is 0 Å². The summed E-state index contributed by atoms with van der Waals surface area (Å²) in [5, 5.41) is 13.3. The molecule has 2 fully saturated rings. The molecule has 1 aliphatic carbocycles. The summed E-state index contributed by atoms with van der Waals surface area (Å²) in [7, 11) is 0. The largest absolute Gasteiger partial charge is 0.512 e. The lowest BCUT2D eigenvalue weighted by molar-refractivity contribution is -0.209. The molecule has 1 aromatic heterocycles. The highest BCUT2D eigenvalue weighted by molar-refractivity contribution is 5.85. The Morgan fingerprint density at radius 1 is 0.933 bits per heavy atom. The second-order valence-corrected chi connectivity index (χ2v) is 11.1. The molecule has 1 N–H and O–H groups in total. The number of benzene rings is 3. The molecule has 6 rings (SSSR count). The molecule has 0 bridgehead atoms. The average Bonchev–Trinajstić information content (AvgIpc) is 3.78. The molecule has 45 heavy (non-hydrogen) atoms. The molecule has 4 aromatic rings. The van der Waals surface area contributed by atoms with Crippen molar-refractivity contribution in [2.45, 2.75) is 38.0 Å². The quantitative estimate of drug-likeness (QED) is 0.158. The van der Waals surface area contributed by atoms with Crippen molar-refractivity contribution in [1.82, 2.24) is 15.0 Å². The highest BCUT2D eigenvalue weighted by atomic mass is 19.1. The number of hydrogen-bond acceptors (Lipinski definition) is 10. The van der Waals surface area contributed by atoms with E-state index in [0.29, 0.717) is 36.6 Å². The van der Waals surface area contributed by atoms with Crippen molar-refractivity contribution < 1.29 is 42.6 Å². The van der Waals surface area contributed by atoms with Gasteiger partial charge < -0.3 is 23.8 Å². The van der Waals surface area contributed by atoms with E-state index in [1.165, 1.54) is 6.07 Å². The van der Waals surface area contributed by atoms with Crippen molar-refractivity contribution >= 4 is 18.1 Å². The summed E-state index contributed by atoms with van der Waals surface area (Å²) in [5.41, 5.74) is 3.42. The summed E-state index contributed by atoms with van der Waals surface area (Å²) < 4.78 is 35.5. The summed E-state index contributed by atoms with van der Waals surface area (Å²) in [5.74, 6) is -1.76. The molecule has 0 amide bonds. The van der Waals surface area contributed by atoms with Gasteiger partial charge in [-0.2, -0.15) is 4.98 Å². The van der Waals surface area contributed by atoms with Gasteiger partial charge in [0.05, 0.1) is 0 Å². The first-order valence-corrected chi connectivity index (χ1v) is 14.6. The summed E-state index contributed by atoms with van der Waals surface area (Å²) in [6.45, 7) is 0.920. The molecule has 1 saturated carbocycles. The monoisotopic (exact) mass is 615 g/mol. The number of halogens is 1. The fraction of sp³-hybridized carbons (Fsp3) is 0.303. The third kappa shape index (κ3) is 7.35. The number of carbonyl (C=O) groups is 3. The number of carboxylic acid groups (broad SMARTS) is 1. The van der Waals surface area contributed by atoms with Crippen LogP contribution in [0.4, 0.5) is 14.0 Å². The van der Waals surface area contributed by atoms with E-state index in [1.54, 1.807) is 12.1 Å². The van der Waals surface area contributed by atoms with Crippen LogP contribution >= 0.6 is 0 Å². The summed E-state index contributed by atoms with van der Waals surface area (Å²) in [6.07, 6.45) is -0.934. The number of ether oxygens (including phenoxy) is 3. The van der Waals surface area contributed by atoms with Crippen LogP contribution in [0.3, 0.4) is 0 Å². The molecule has 2 heterocycles. The highest BCUT2D eigenvalue weighted by Crippen LogP contribution is 2.32. The topological polar surface area (TPSA) is 141 Å². The van der Waals surface area contributed by atoms with Crippen molar-refractivity contribution in [3.63, 3.8) is 0 Å². The maximum Gasteiger partial charge on any atom is 0.512 e. The molecule has 0 unspecified atom stereocenters. The normalized spacial score (nSPS) is 16.1. The van der Waals surface area contributed by atoms with E-state index in [-0.39, 0.29) is 36.3 Å². The van der Waals surface area contributed by atoms with Gasteiger partial charge in [0, 0.05) is 55.1 Å². The molecule has 2 aliphatic rings. The minimum atomic E-state index is -1.69. The van der Waals surface area contributed by atoms with Crippen molar-refractivity contribution in [1.29, 1.82) is 0 Å². The van der Waals surface area contributed by atoms with Crippen LogP contribution in [0.1, 0.15) is 31.2 Å². The third-order valence-corrected chi connectivity index (χ3v) is 7.87. The van der Waals surface area contributed by atoms with Gasteiger partial charge in [0.2, 0.25) is 5.82 Å². The molecule has 0 spiro atoms. The molecule has 1 aliphatic heterocycles. The number of ketones is 1. The van der Waals surface area contributed by atoms with E-state index in [2.05, 4.69) is 15.0 Å².